The van der Waals surface area contributed by atoms with E-state index in [1.807, 2.05) is 0 Å². The maximum atomic E-state index is 11.0. The van der Waals surface area contributed by atoms with Gasteiger partial charge in [-0.1, -0.05) is 0 Å². The van der Waals surface area contributed by atoms with Gasteiger partial charge in [0.05, 0.1) is 18.8 Å². The first-order valence-corrected chi connectivity index (χ1v) is 5.28. The summed E-state index contributed by atoms with van der Waals surface area (Å²) in [7, 11) is 1.55. The second kappa shape index (κ2) is 6.17. The molecule has 0 aliphatic heterocycles. The van der Waals surface area contributed by atoms with Crippen molar-refractivity contribution in [2.24, 2.45) is 0 Å². The van der Waals surface area contributed by atoms with Crippen molar-refractivity contribution in [3.8, 4) is 5.75 Å². The predicted molar refractivity (Wildman–Crippen MR) is 62.3 cm³/mol. The van der Waals surface area contributed by atoms with Gasteiger partial charge in [0.1, 0.15) is 5.75 Å². The van der Waals surface area contributed by atoms with Gasteiger partial charge in [0.2, 0.25) is 5.91 Å². The summed E-state index contributed by atoms with van der Waals surface area (Å²) in [6.45, 7) is 1.94. The summed E-state index contributed by atoms with van der Waals surface area (Å²) in [5, 5.41) is 24.3. The normalized spacial score (nSPS) is 10.3. The van der Waals surface area contributed by atoms with Crippen molar-refractivity contribution in [3.63, 3.8) is 0 Å². The van der Waals surface area contributed by atoms with Gasteiger partial charge in [-0.25, -0.2) is 0 Å². The van der Waals surface area contributed by atoms with Gasteiger partial charge in [0.15, 0.2) is 0 Å². The van der Waals surface area contributed by atoms with Crippen LogP contribution in [0.15, 0.2) is 6.20 Å². The fourth-order valence-electron chi connectivity index (χ4n) is 1.41. The van der Waals surface area contributed by atoms with E-state index in [9.17, 15) is 9.90 Å². The summed E-state index contributed by atoms with van der Waals surface area (Å²) in [5.41, 5.74) is 1.63. The Morgan fingerprint density at radius 3 is 2.82 bits per heavy atom. The highest BCUT2D eigenvalue weighted by Crippen LogP contribution is 2.23. The number of carbonyl (C=O) groups excluding carboxylic acids is 1. The Kier molecular flexibility index (Phi) is 4.86. The zero-order chi connectivity index (χ0) is 12.8. The van der Waals surface area contributed by atoms with Crippen LogP contribution in [-0.4, -0.2) is 34.7 Å². The minimum Gasteiger partial charge on any atom is -0.506 e. The topological polar surface area (TPSA) is 94.5 Å². The van der Waals surface area contributed by atoms with Crippen LogP contribution in [0.2, 0.25) is 0 Å². The second-order valence-electron chi connectivity index (χ2n) is 3.63. The summed E-state index contributed by atoms with van der Waals surface area (Å²) in [6.07, 6.45) is 1.52. The lowest BCUT2D eigenvalue weighted by Gasteiger charge is -2.11. The Balaban J connectivity index is 2.75. The van der Waals surface area contributed by atoms with E-state index in [0.29, 0.717) is 23.4 Å². The van der Waals surface area contributed by atoms with Crippen LogP contribution in [0.4, 0.5) is 0 Å². The number of aromatic nitrogens is 1. The van der Waals surface area contributed by atoms with E-state index in [4.69, 9.17) is 5.11 Å². The molecule has 6 nitrogen and oxygen atoms in total. The van der Waals surface area contributed by atoms with Gasteiger partial charge in [-0.15, -0.1) is 0 Å². The molecule has 4 N–H and O–H groups in total. The quantitative estimate of drug-likeness (QED) is 0.551. The average Bonchev–Trinajstić information content (AvgIpc) is 2.34. The number of aliphatic hydroxyl groups excluding tert-OH is 1. The highest BCUT2D eigenvalue weighted by molar-refractivity contribution is 5.77. The molecule has 0 spiro atoms. The van der Waals surface area contributed by atoms with Crippen LogP contribution in [0.5, 0.6) is 5.75 Å². The molecule has 1 aromatic rings. The fraction of sp³-hybridized carbons (Fsp3) is 0.455. The summed E-state index contributed by atoms with van der Waals surface area (Å²) < 4.78 is 0. The molecule has 0 atom stereocenters. The Morgan fingerprint density at radius 2 is 2.24 bits per heavy atom. The van der Waals surface area contributed by atoms with E-state index >= 15 is 0 Å². The highest BCUT2D eigenvalue weighted by Gasteiger charge is 2.11. The van der Waals surface area contributed by atoms with Crippen molar-refractivity contribution < 1.29 is 15.0 Å². The molecule has 0 fully saturated rings. The van der Waals surface area contributed by atoms with Crippen molar-refractivity contribution in [3.05, 3.63) is 23.0 Å². The van der Waals surface area contributed by atoms with E-state index in [-0.39, 0.29) is 24.8 Å². The van der Waals surface area contributed by atoms with Crippen molar-refractivity contribution in [1.82, 2.24) is 15.6 Å². The molecule has 1 amide bonds. The Bertz CT molecular complexity index is 407. The fourth-order valence-corrected chi connectivity index (χ4v) is 1.41. The molecule has 1 aromatic heterocycles. The highest BCUT2D eigenvalue weighted by atomic mass is 16.3. The van der Waals surface area contributed by atoms with Crippen molar-refractivity contribution in [2.75, 3.05) is 13.6 Å². The number of nitrogens with zero attached hydrogens (tertiary/aromatic N) is 1. The zero-order valence-electron chi connectivity index (χ0n) is 9.95. The predicted octanol–water partition coefficient (Wildman–Crippen LogP) is -0.576. The lowest BCUT2D eigenvalue weighted by atomic mass is 10.1. The second-order valence-corrected chi connectivity index (χ2v) is 3.63. The number of aromatic hydroxyl groups is 1. The zero-order valence-corrected chi connectivity index (χ0v) is 9.95. The molecule has 0 aromatic carbocycles. The average molecular weight is 239 g/mol. The Morgan fingerprint density at radius 1 is 1.53 bits per heavy atom. The summed E-state index contributed by atoms with van der Waals surface area (Å²) in [6, 6.07) is 0. The molecule has 6 heteroatoms. The number of aliphatic hydroxyl groups is 1. The summed E-state index contributed by atoms with van der Waals surface area (Å²) >= 11 is 0. The van der Waals surface area contributed by atoms with Crippen LogP contribution in [0, 0.1) is 6.92 Å². The molecule has 0 aliphatic carbocycles. The third-order valence-corrected chi connectivity index (χ3v) is 2.47. The van der Waals surface area contributed by atoms with Gasteiger partial charge >= 0.3 is 0 Å². The monoisotopic (exact) mass is 239 g/mol. The number of carbonyl (C=O) groups is 1. The minimum absolute atomic E-state index is 0.0564. The van der Waals surface area contributed by atoms with E-state index < -0.39 is 0 Å². The maximum Gasteiger partial charge on any atom is 0.233 e. The lowest BCUT2D eigenvalue weighted by molar-refractivity contribution is -0.119. The first-order chi connectivity index (χ1) is 8.10. The number of hydrogen-bond acceptors (Lipinski definition) is 5. The van der Waals surface area contributed by atoms with E-state index in [1.54, 1.807) is 14.0 Å². The Labute approximate surface area is 99.7 Å². The van der Waals surface area contributed by atoms with Crippen LogP contribution in [0.25, 0.3) is 0 Å². The number of aryl methyl sites for hydroxylation is 1. The molecular formula is C11H17N3O3. The minimum atomic E-state index is -0.197. The third-order valence-electron chi connectivity index (χ3n) is 2.47. The molecule has 1 rings (SSSR count). The number of rotatable bonds is 5. The van der Waals surface area contributed by atoms with Gasteiger partial charge in [-0.05, 0) is 6.92 Å². The Hall–Kier alpha value is -1.66. The maximum absolute atomic E-state index is 11.0. The van der Waals surface area contributed by atoms with Gasteiger partial charge in [0, 0.05) is 30.9 Å². The molecule has 17 heavy (non-hydrogen) atoms. The van der Waals surface area contributed by atoms with E-state index in [0.717, 1.165) is 0 Å². The number of likely N-dealkylation sites (N-methyl/N-ethyl adjacent to an activating group) is 1. The first kappa shape index (κ1) is 13.4. The number of amides is 1. The van der Waals surface area contributed by atoms with Gasteiger partial charge in [-0.3, -0.25) is 9.78 Å². The molecule has 94 valence electrons. The number of nitrogens with one attached hydrogen (secondary N) is 2. The molecule has 0 radical (unpaired) electrons. The standard InChI is InChI=1S/C11H17N3O3/c1-7-11(17)9(8(6-15)3-14-7)4-13-5-10(16)12-2/h3,13,15,17H,4-6H2,1-2H3,(H,12,16). The summed E-state index contributed by atoms with van der Waals surface area (Å²) in [4.78, 5) is 15.0. The van der Waals surface area contributed by atoms with Gasteiger partial charge in [-0.2, -0.15) is 0 Å². The van der Waals surface area contributed by atoms with Crippen LogP contribution in [0.3, 0.4) is 0 Å². The third kappa shape index (κ3) is 3.40. The summed E-state index contributed by atoms with van der Waals surface area (Å²) in [5.74, 6) is -0.0817. The molecule has 0 unspecified atom stereocenters. The molecule has 0 aliphatic rings. The molecule has 0 saturated heterocycles. The SMILES string of the molecule is CNC(=O)CNCc1c(CO)cnc(C)c1O. The first-order valence-electron chi connectivity index (χ1n) is 5.28. The van der Waals surface area contributed by atoms with Crippen LogP contribution < -0.4 is 10.6 Å². The van der Waals surface area contributed by atoms with E-state index in [1.165, 1.54) is 6.20 Å². The van der Waals surface area contributed by atoms with Gasteiger partial charge in [0.25, 0.3) is 0 Å². The van der Waals surface area contributed by atoms with Gasteiger partial charge < -0.3 is 20.8 Å². The largest absolute Gasteiger partial charge is 0.506 e. The number of hydrogen-bond donors (Lipinski definition) is 4. The van der Waals surface area contributed by atoms with Crippen LogP contribution in [-0.2, 0) is 17.9 Å². The van der Waals surface area contributed by atoms with Crippen molar-refractivity contribution >= 4 is 5.91 Å². The molecular weight excluding hydrogens is 222 g/mol. The molecule has 0 bridgehead atoms. The lowest BCUT2D eigenvalue weighted by Crippen LogP contribution is -2.31. The van der Waals surface area contributed by atoms with Crippen LogP contribution >= 0.6 is 0 Å². The molecule has 1 heterocycles. The van der Waals surface area contributed by atoms with Crippen molar-refractivity contribution in [1.29, 1.82) is 0 Å². The smallest absolute Gasteiger partial charge is 0.233 e. The number of pyridine rings is 1. The molecule has 0 saturated carbocycles. The van der Waals surface area contributed by atoms with E-state index in [2.05, 4.69) is 15.6 Å². The van der Waals surface area contributed by atoms with Crippen molar-refractivity contribution in [2.45, 2.75) is 20.1 Å². The van der Waals surface area contributed by atoms with Crippen LogP contribution in [0.1, 0.15) is 16.8 Å².